The Balaban J connectivity index is 0.00000264. The summed E-state index contributed by atoms with van der Waals surface area (Å²) in [6.07, 6.45) is 2.74. The lowest BCUT2D eigenvalue weighted by atomic mass is 10.2. The highest BCUT2D eigenvalue weighted by Gasteiger charge is 2.21. The number of carbonyl (C=O) groups excluding carboxylic acids is 1. The molecule has 0 saturated carbocycles. The Kier molecular flexibility index (Phi) is 8.58. The zero-order valence-electron chi connectivity index (χ0n) is 13.6. The zero-order chi connectivity index (χ0) is 15.8. The van der Waals surface area contributed by atoms with Crippen molar-refractivity contribution in [2.45, 2.75) is 25.3 Å². The molecule has 1 unspecified atom stereocenters. The maximum atomic E-state index is 11.8. The molecule has 1 heterocycles. The van der Waals surface area contributed by atoms with E-state index in [1.807, 2.05) is 12.1 Å². The van der Waals surface area contributed by atoms with Crippen molar-refractivity contribution in [3.63, 3.8) is 0 Å². The first-order valence-corrected chi connectivity index (χ1v) is 7.60. The van der Waals surface area contributed by atoms with Gasteiger partial charge >= 0.3 is 0 Å². The van der Waals surface area contributed by atoms with Crippen molar-refractivity contribution in [1.82, 2.24) is 10.6 Å². The first kappa shape index (κ1) is 19.4. The molecule has 2 N–H and O–H groups in total. The fraction of sp³-hybridized carbons (Fsp3) is 0.562. The summed E-state index contributed by atoms with van der Waals surface area (Å²) in [7, 11) is 3.20. The van der Waals surface area contributed by atoms with E-state index in [1.165, 1.54) is 0 Å². The lowest BCUT2D eigenvalue weighted by molar-refractivity contribution is -0.122. The normalized spacial score (nSPS) is 16.3. The number of benzene rings is 1. The van der Waals surface area contributed by atoms with Crippen LogP contribution in [0, 0.1) is 0 Å². The molecular formula is C16H25ClN2O4. The smallest absolute Gasteiger partial charge is 0.237 e. The van der Waals surface area contributed by atoms with Crippen LogP contribution in [0.25, 0.3) is 0 Å². The fourth-order valence-electron chi connectivity index (χ4n) is 2.37. The number of hydrogen-bond donors (Lipinski definition) is 2. The van der Waals surface area contributed by atoms with Gasteiger partial charge < -0.3 is 24.8 Å². The molecule has 0 radical (unpaired) electrons. The number of amides is 1. The van der Waals surface area contributed by atoms with Crippen LogP contribution in [0.4, 0.5) is 0 Å². The number of hydrogen-bond acceptors (Lipinski definition) is 5. The molecule has 0 spiro atoms. The lowest BCUT2D eigenvalue weighted by Crippen LogP contribution is -2.40. The molecule has 23 heavy (non-hydrogen) atoms. The van der Waals surface area contributed by atoms with Crippen LogP contribution in [0.1, 0.15) is 19.3 Å². The highest BCUT2D eigenvalue weighted by molar-refractivity contribution is 5.85. The number of nitrogens with one attached hydrogen (secondary N) is 2. The Hall–Kier alpha value is -1.66. The molecule has 0 aliphatic carbocycles. The van der Waals surface area contributed by atoms with E-state index in [9.17, 15) is 4.79 Å². The van der Waals surface area contributed by atoms with Gasteiger partial charge in [0.2, 0.25) is 5.91 Å². The molecule has 130 valence electrons. The van der Waals surface area contributed by atoms with E-state index < -0.39 is 0 Å². The number of methoxy groups -OCH3 is 2. The van der Waals surface area contributed by atoms with E-state index in [1.54, 1.807) is 20.3 Å². The summed E-state index contributed by atoms with van der Waals surface area (Å²) >= 11 is 0. The Morgan fingerprint density at radius 3 is 2.43 bits per heavy atom. The van der Waals surface area contributed by atoms with E-state index in [0.29, 0.717) is 30.4 Å². The highest BCUT2D eigenvalue weighted by Crippen LogP contribution is 2.27. The summed E-state index contributed by atoms with van der Waals surface area (Å²) < 4.78 is 16.0. The third-order valence-electron chi connectivity index (χ3n) is 3.59. The minimum absolute atomic E-state index is 0. The molecule has 1 fully saturated rings. The van der Waals surface area contributed by atoms with E-state index >= 15 is 0 Å². The van der Waals surface area contributed by atoms with E-state index in [0.717, 1.165) is 25.8 Å². The van der Waals surface area contributed by atoms with E-state index in [-0.39, 0.29) is 24.4 Å². The molecule has 1 aromatic rings. The van der Waals surface area contributed by atoms with Gasteiger partial charge in [-0.05, 0) is 25.8 Å². The topological polar surface area (TPSA) is 68.8 Å². The minimum atomic E-state index is -0.0245. The third kappa shape index (κ3) is 6.15. The van der Waals surface area contributed by atoms with Crippen molar-refractivity contribution in [3.05, 3.63) is 18.2 Å². The molecule has 1 aliphatic rings. The molecule has 6 nitrogen and oxygen atoms in total. The predicted molar refractivity (Wildman–Crippen MR) is 90.9 cm³/mol. The average molecular weight is 345 g/mol. The quantitative estimate of drug-likeness (QED) is 0.703. The molecule has 1 aliphatic heterocycles. The van der Waals surface area contributed by atoms with Crippen LogP contribution < -0.4 is 24.8 Å². The van der Waals surface area contributed by atoms with Gasteiger partial charge in [0, 0.05) is 24.7 Å². The number of ether oxygens (including phenoxy) is 3. The van der Waals surface area contributed by atoms with Gasteiger partial charge in [0.25, 0.3) is 0 Å². The molecule has 1 aromatic carbocycles. The summed E-state index contributed by atoms with van der Waals surface area (Å²) in [5, 5.41) is 6.10. The summed E-state index contributed by atoms with van der Waals surface area (Å²) in [6, 6.07) is 5.39. The molecule has 7 heteroatoms. The Labute approximate surface area is 143 Å². The van der Waals surface area contributed by atoms with Crippen LogP contribution in [-0.4, -0.2) is 45.9 Å². The second kappa shape index (κ2) is 10.2. The highest BCUT2D eigenvalue weighted by atomic mass is 35.5. The van der Waals surface area contributed by atoms with Crippen LogP contribution in [0.3, 0.4) is 0 Å². The van der Waals surface area contributed by atoms with Gasteiger partial charge in [0.05, 0.1) is 26.9 Å². The standard InChI is InChI=1S/C16H24N2O4.ClH/c1-20-12-9-13(21-2)11-14(10-12)22-8-4-7-18-16(19)15-5-3-6-17-15;/h9-11,15,17H,3-8H2,1-2H3,(H,18,19);1H. The van der Waals surface area contributed by atoms with Crippen LogP contribution in [0.15, 0.2) is 18.2 Å². The van der Waals surface area contributed by atoms with Gasteiger partial charge in [-0.1, -0.05) is 0 Å². The van der Waals surface area contributed by atoms with Crippen molar-refractivity contribution in [3.8, 4) is 17.2 Å². The summed E-state index contributed by atoms with van der Waals surface area (Å²) in [4.78, 5) is 11.8. The Morgan fingerprint density at radius 2 is 1.87 bits per heavy atom. The van der Waals surface area contributed by atoms with Gasteiger partial charge in [0.1, 0.15) is 17.2 Å². The summed E-state index contributed by atoms with van der Waals surface area (Å²) in [5.74, 6) is 2.16. The molecule has 0 aromatic heterocycles. The first-order chi connectivity index (χ1) is 10.7. The molecule has 1 saturated heterocycles. The molecule has 1 atom stereocenters. The van der Waals surface area contributed by atoms with Crippen LogP contribution >= 0.6 is 12.4 Å². The van der Waals surface area contributed by atoms with Gasteiger partial charge in [-0.15, -0.1) is 12.4 Å². The van der Waals surface area contributed by atoms with Gasteiger partial charge in [-0.2, -0.15) is 0 Å². The zero-order valence-corrected chi connectivity index (χ0v) is 14.4. The molecule has 1 amide bonds. The SMILES string of the molecule is COc1cc(OC)cc(OCCCNC(=O)C2CCCN2)c1.Cl. The van der Waals surface area contributed by atoms with Crippen molar-refractivity contribution in [2.24, 2.45) is 0 Å². The largest absolute Gasteiger partial charge is 0.496 e. The van der Waals surface area contributed by atoms with E-state index in [2.05, 4.69) is 10.6 Å². The minimum Gasteiger partial charge on any atom is -0.496 e. The van der Waals surface area contributed by atoms with Crippen LogP contribution in [-0.2, 0) is 4.79 Å². The van der Waals surface area contributed by atoms with Crippen LogP contribution in [0.5, 0.6) is 17.2 Å². The van der Waals surface area contributed by atoms with Crippen molar-refractivity contribution >= 4 is 18.3 Å². The Morgan fingerprint density at radius 1 is 1.22 bits per heavy atom. The van der Waals surface area contributed by atoms with Crippen molar-refractivity contribution in [1.29, 1.82) is 0 Å². The summed E-state index contributed by atoms with van der Waals surface area (Å²) in [6.45, 7) is 2.06. The van der Waals surface area contributed by atoms with Gasteiger partial charge in [-0.3, -0.25) is 4.79 Å². The number of halogens is 1. The van der Waals surface area contributed by atoms with Crippen LogP contribution in [0.2, 0.25) is 0 Å². The third-order valence-corrected chi connectivity index (χ3v) is 3.59. The van der Waals surface area contributed by atoms with Crippen molar-refractivity contribution < 1.29 is 19.0 Å². The number of rotatable bonds is 8. The first-order valence-electron chi connectivity index (χ1n) is 7.60. The Bertz CT molecular complexity index is 471. The molecular weight excluding hydrogens is 320 g/mol. The van der Waals surface area contributed by atoms with Gasteiger partial charge in [-0.25, -0.2) is 0 Å². The summed E-state index contributed by atoms with van der Waals surface area (Å²) in [5.41, 5.74) is 0. The monoisotopic (exact) mass is 344 g/mol. The maximum absolute atomic E-state index is 11.8. The van der Waals surface area contributed by atoms with Crippen molar-refractivity contribution in [2.75, 3.05) is 33.9 Å². The second-order valence-electron chi connectivity index (χ2n) is 5.19. The number of carbonyl (C=O) groups is 1. The second-order valence-corrected chi connectivity index (χ2v) is 5.19. The molecule has 2 rings (SSSR count). The predicted octanol–water partition coefficient (Wildman–Crippen LogP) is 1.76. The maximum Gasteiger partial charge on any atom is 0.237 e. The van der Waals surface area contributed by atoms with Gasteiger partial charge in [0.15, 0.2) is 0 Å². The molecule has 0 bridgehead atoms. The fourth-order valence-corrected chi connectivity index (χ4v) is 2.37. The average Bonchev–Trinajstić information content (AvgIpc) is 3.08. The lowest BCUT2D eigenvalue weighted by Gasteiger charge is -2.12. The van der Waals surface area contributed by atoms with E-state index in [4.69, 9.17) is 14.2 Å².